The normalized spacial score (nSPS) is 11.3. The molecule has 0 aliphatic rings. The minimum atomic E-state index is 0.470. The molecule has 0 saturated heterocycles. The zero-order chi connectivity index (χ0) is 80.5. The molecule has 8 N–H and O–H groups in total. The van der Waals surface area contributed by atoms with Crippen LogP contribution in [0.1, 0.15) is 107 Å². The highest BCUT2D eigenvalue weighted by atomic mass is 35.5. The minimum absolute atomic E-state index is 0.470. The van der Waals surface area contributed by atoms with Crippen molar-refractivity contribution in [2.75, 3.05) is 78.2 Å². The molecule has 0 amide bonds. The molecular formula is C79H83Cl6N25S6. The number of benzene rings is 6. The van der Waals surface area contributed by atoms with Gasteiger partial charge in [0.05, 0.1) is 0 Å². The van der Waals surface area contributed by atoms with Gasteiger partial charge in [-0.05, 0) is 151 Å². The number of aryl methyl sites for hydroxylation is 6. The van der Waals surface area contributed by atoms with Crippen LogP contribution >= 0.6 is 140 Å². The van der Waals surface area contributed by atoms with Crippen molar-refractivity contribution in [1.29, 1.82) is 0 Å². The number of halogens is 6. The van der Waals surface area contributed by atoms with Crippen LogP contribution in [0.25, 0.3) is 0 Å². The minimum Gasteiger partial charge on any atom is -0.357 e. The predicted octanol–water partition coefficient (Wildman–Crippen LogP) is 18.6. The molecule has 6 heterocycles. The lowest BCUT2D eigenvalue weighted by molar-refractivity contribution is 0.721. The Morgan fingerprint density at radius 1 is 0.233 bits per heavy atom. The van der Waals surface area contributed by atoms with Crippen molar-refractivity contribution in [3.8, 4) is 0 Å². The van der Waals surface area contributed by atoms with Crippen molar-refractivity contribution >= 4 is 176 Å². The Hall–Kier alpha value is -8.02. The van der Waals surface area contributed by atoms with Crippen molar-refractivity contribution < 1.29 is 0 Å². The molecule has 12 rings (SSSR count). The van der Waals surface area contributed by atoms with Crippen LogP contribution in [0.2, 0.25) is 30.1 Å². The first-order valence-corrected chi connectivity index (χ1v) is 45.7. The van der Waals surface area contributed by atoms with Crippen molar-refractivity contribution in [2.45, 2.75) is 143 Å². The molecule has 0 atom stereocenters. The molecule has 0 radical (unpaired) electrons. The Labute approximate surface area is 729 Å². The number of nitrogens with zero attached hydrogens (tertiary/aromatic N) is 18. The molecule has 12 aromatic rings. The summed E-state index contributed by atoms with van der Waals surface area (Å²) in [5.74, 6) is 10.9. The van der Waals surface area contributed by atoms with Crippen LogP contribution < -0.4 is 37.6 Å². The fraction of sp³-hybridized carbons (Fsp3) is 0.316. The van der Waals surface area contributed by atoms with Gasteiger partial charge in [0.25, 0.3) is 0 Å². The van der Waals surface area contributed by atoms with Crippen LogP contribution in [-0.2, 0) is 73.0 Å². The van der Waals surface area contributed by atoms with Crippen LogP contribution in [0.5, 0.6) is 0 Å². The Bertz CT molecular complexity index is 5070. The van der Waals surface area contributed by atoms with Gasteiger partial charge in [-0.3, -0.25) is 0 Å². The molecule has 0 aliphatic carbocycles. The summed E-state index contributed by atoms with van der Waals surface area (Å²) in [7, 11) is 1.80. The Balaban J connectivity index is 0.672. The van der Waals surface area contributed by atoms with E-state index in [1.165, 1.54) is 47.0 Å². The Morgan fingerprint density at radius 3 is 0.586 bits per heavy atom. The third-order valence-corrected chi connectivity index (χ3v) is 23.8. The third-order valence-electron chi connectivity index (χ3n) is 16.8. The van der Waals surface area contributed by atoms with Gasteiger partial charge in [0.15, 0.2) is 30.9 Å². The maximum absolute atomic E-state index is 6.28. The summed E-state index contributed by atoms with van der Waals surface area (Å²) in [6, 6.07) is 46.7. The average Bonchev–Trinajstić information content (AvgIpc) is 0.849. The highest BCUT2D eigenvalue weighted by molar-refractivity contribution is 7.99. The van der Waals surface area contributed by atoms with Crippen molar-refractivity contribution in [3.05, 3.63) is 244 Å². The maximum atomic E-state index is 6.28. The van der Waals surface area contributed by atoms with Crippen LogP contribution in [0.4, 0.5) is 35.7 Å². The van der Waals surface area contributed by atoms with Crippen LogP contribution in [0.3, 0.4) is 0 Å². The zero-order valence-electron chi connectivity index (χ0n) is 63.2. The number of anilines is 6. The number of aromatic nitrogens is 18. The van der Waals surface area contributed by atoms with E-state index in [2.05, 4.69) is 41.9 Å². The molecule has 0 bridgehead atoms. The summed E-state index contributed by atoms with van der Waals surface area (Å²) in [5.41, 5.74) is 12.5. The van der Waals surface area contributed by atoms with Gasteiger partial charge in [0.2, 0.25) is 35.7 Å². The van der Waals surface area contributed by atoms with E-state index in [9.17, 15) is 0 Å². The van der Waals surface area contributed by atoms with E-state index in [4.69, 9.17) is 155 Å². The second-order valence-corrected chi connectivity index (χ2v) is 34.2. The van der Waals surface area contributed by atoms with Gasteiger partial charge >= 0.3 is 0 Å². The fourth-order valence-corrected chi connectivity index (χ4v) is 16.4. The summed E-state index contributed by atoms with van der Waals surface area (Å²) >= 11 is 46.5. The van der Waals surface area contributed by atoms with Crippen molar-refractivity contribution in [1.82, 2.24) is 89.7 Å². The quantitative estimate of drug-likeness (QED) is 0.0138. The van der Waals surface area contributed by atoms with E-state index < -0.39 is 0 Å². The molecule has 6 aromatic carbocycles. The molecular weight excluding hydrogens is 1700 g/mol. The molecule has 0 unspecified atom stereocenters. The maximum Gasteiger partial charge on any atom is 0.226 e. The first-order chi connectivity index (χ1) is 56.7. The highest BCUT2D eigenvalue weighted by Gasteiger charge is 2.17. The first-order valence-electron chi connectivity index (χ1n) is 37.5. The second kappa shape index (κ2) is 46.9. The number of hydrogen-bond donors (Lipinski definition) is 7. The van der Waals surface area contributed by atoms with E-state index in [0.29, 0.717) is 276 Å². The summed E-state index contributed by atoms with van der Waals surface area (Å²) in [5, 5.41) is 28.2. The number of thioether (sulfide) groups is 6. The van der Waals surface area contributed by atoms with E-state index >= 15 is 0 Å². The molecule has 0 saturated carbocycles. The molecule has 0 aliphatic heterocycles. The molecule has 25 nitrogen and oxygen atoms in total. The molecule has 6 aromatic heterocycles. The van der Waals surface area contributed by atoms with Crippen LogP contribution in [-0.4, -0.2) is 136 Å². The van der Waals surface area contributed by atoms with Gasteiger partial charge in [0, 0.05) is 143 Å². The van der Waals surface area contributed by atoms with Crippen LogP contribution in [0, 0.1) is 0 Å². The van der Waals surface area contributed by atoms with Gasteiger partial charge in [-0.1, -0.05) is 213 Å². The lowest BCUT2D eigenvalue weighted by Gasteiger charge is -2.11. The highest BCUT2D eigenvalue weighted by Crippen LogP contribution is 2.30. The largest absolute Gasteiger partial charge is 0.357 e. The third kappa shape index (κ3) is 30.7. The topological polar surface area (TPSA) is 330 Å². The van der Waals surface area contributed by atoms with Gasteiger partial charge in [-0.25, -0.2) is 29.9 Å². The summed E-state index contributed by atoms with van der Waals surface area (Å²) < 4.78 is 0. The number of nitrogens with two attached hydrogens (primary N) is 1. The second-order valence-electron chi connectivity index (χ2n) is 25.9. The van der Waals surface area contributed by atoms with E-state index in [1.54, 1.807) is 30.6 Å². The standard InChI is InChI=1S/C79H83Cl6N25S6/c1-87-68-93-63(100-74(105-68)111-44-50-14-26-56(80)27-15-50)9-3-39-89-70-95-65(102-76(107-70)113-46-52-18-30-58(82)31-19-52)11-5-41-91-72-97-67(104-78(109-72)115-48-54-22-34-60(84)35-23-54)13-7-43-92-73-98-66(103-79(110-73)116-49-55-24-36-61(85)37-25-55)12-6-42-90-71-96-64(101-77(108-71)114-47-53-20-32-59(83)33-21-53)10-4-40-88-69-94-62(8-2-38-86)99-75(106-69)112-45-51-16-28-57(81)29-17-51/h14-37H,2-13,38-49,86H2,1H3,(H,87,93,100,105)(H,88,94,99,106)(H,89,95,102,107)(H,90,96,101,108)(H,91,97,104,109)(H,92,98,103,110). The van der Waals surface area contributed by atoms with Crippen molar-refractivity contribution in [2.24, 2.45) is 5.73 Å². The monoisotopic (exact) mass is 1780 g/mol. The lowest BCUT2D eigenvalue weighted by atomic mass is 10.2. The number of hydrogen-bond acceptors (Lipinski definition) is 31. The van der Waals surface area contributed by atoms with Gasteiger partial charge < -0.3 is 37.6 Å². The molecule has 116 heavy (non-hydrogen) atoms. The zero-order valence-corrected chi connectivity index (χ0v) is 72.6. The van der Waals surface area contributed by atoms with E-state index in [-0.39, 0.29) is 0 Å². The summed E-state index contributed by atoms with van der Waals surface area (Å²) in [6.45, 7) is 3.27. The molecule has 0 fully saturated rings. The number of rotatable bonds is 47. The molecule has 0 spiro atoms. The van der Waals surface area contributed by atoms with Gasteiger partial charge in [-0.15, -0.1) is 0 Å². The SMILES string of the molecule is CNc1nc(CCCNc2nc(CCCNc3nc(CCCNc4nc(CCCNc5nc(CCCNc6nc(CCCN)nc(SCc7ccc(Cl)cc7)n6)nc(SCc6ccc(Cl)cc6)n5)nc(SCc5ccc(Cl)cc5)n4)nc(SCc4ccc(Cl)cc4)n3)nc(SCc3ccc(Cl)cc3)n2)nc(SCc2ccc(Cl)cc2)n1. The Morgan fingerprint density at radius 2 is 0.405 bits per heavy atom. The van der Waals surface area contributed by atoms with Crippen LogP contribution in [0.15, 0.2) is 177 Å². The van der Waals surface area contributed by atoms with Crippen molar-refractivity contribution in [3.63, 3.8) is 0 Å². The lowest BCUT2D eigenvalue weighted by Crippen LogP contribution is -2.14. The van der Waals surface area contributed by atoms with E-state index in [0.717, 1.165) is 39.8 Å². The molecule has 37 heteroatoms. The Kier molecular flexibility index (Phi) is 35.3. The fourth-order valence-electron chi connectivity index (χ4n) is 10.8. The summed E-state index contributed by atoms with van der Waals surface area (Å²) in [6.07, 6.45) is 7.62. The van der Waals surface area contributed by atoms with E-state index in [1.807, 2.05) is 146 Å². The molecule has 602 valence electrons. The first kappa shape index (κ1) is 87.3. The smallest absolute Gasteiger partial charge is 0.226 e. The van der Waals surface area contributed by atoms with Gasteiger partial charge in [0.1, 0.15) is 34.9 Å². The number of nitrogens with one attached hydrogen (secondary N) is 6. The predicted molar refractivity (Wildman–Crippen MR) is 476 cm³/mol. The summed E-state index contributed by atoms with van der Waals surface area (Å²) in [4.78, 5) is 87.2. The van der Waals surface area contributed by atoms with Gasteiger partial charge in [-0.2, -0.15) is 59.8 Å². The average molecular weight is 1790 g/mol.